The number of fused-ring (bicyclic) bond motifs is 1. The summed E-state index contributed by atoms with van der Waals surface area (Å²) in [5.41, 5.74) is 1.85. The van der Waals surface area contributed by atoms with Gasteiger partial charge in [-0.3, -0.25) is 4.79 Å². The Labute approximate surface area is 169 Å². The molecule has 2 aromatic heterocycles. The Morgan fingerprint density at radius 2 is 2.00 bits per heavy atom. The molecular formula is C17H17ClN2O4S3. The SMILES string of the molecule is COC(=O)Cn1/c(=N/S(=O)(=O)c2ccc(Cl)s2)sc2cc(C(C)C)ccc21. The zero-order valence-electron chi connectivity index (χ0n) is 14.8. The molecule has 1 aromatic carbocycles. The molecule has 0 aliphatic rings. The van der Waals surface area contributed by atoms with Gasteiger partial charge in [0.25, 0.3) is 10.0 Å². The number of carbonyl (C=O) groups is 1. The minimum Gasteiger partial charge on any atom is -0.468 e. The molecule has 0 unspecified atom stereocenters. The minimum absolute atomic E-state index is 0.0532. The molecular weight excluding hydrogens is 428 g/mol. The second-order valence-electron chi connectivity index (χ2n) is 6.05. The second kappa shape index (κ2) is 7.75. The number of thiophene rings is 1. The summed E-state index contributed by atoms with van der Waals surface area (Å²) in [6.07, 6.45) is 0. The molecule has 6 nitrogen and oxygen atoms in total. The molecule has 0 saturated carbocycles. The third-order valence-electron chi connectivity index (χ3n) is 3.89. The van der Waals surface area contributed by atoms with Gasteiger partial charge in [0.15, 0.2) is 0 Å². The van der Waals surface area contributed by atoms with Crippen LogP contribution in [0.5, 0.6) is 0 Å². The number of hydrogen-bond donors (Lipinski definition) is 0. The molecule has 0 aliphatic carbocycles. The summed E-state index contributed by atoms with van der Waals surface area (Å²) < 4.78 is 36.8. The molecule has 0 amide bonds. The number of thiazole rings is 1. The second-order valence-corrected chi connectivity index (χ2v) is 10.6. The number of nitrogens with zero attached hydrogens (tertiary/aromatic N) is 2. The Hall–Kier alpha value is -1.68. The van der Waals surface area contributed by atoms with Gasteiger partial charge in [-0.2, -0.15) is 8.42 Å². The number of hydrogen-bond acceptors (Lipinski definition) is 6. The first-order chi connectivity index (χ1) is 12.7. The first-order valence-electron chi connectivity index (χ1n) is 7.97. The molecule has 0 saturated heterocycles. The predicted molar refractivity (Wildman–Crippen MR) is 108 cm³/mol. The number of carbonyl (C=O) groups excluding carboxylic acids is 1. The molecule has 0 N–H and O–H groups in total. The van der Waals surface area contributed by atoms with Crippen molar-refractivity contribution in [3.05, 3.63) is 45.0 Å². The normalized spacial score (nSPS) is 12.9. The fourth-order valence-electron chi connectivity index (χ4n) is 2.45. The number of sulfonamides is 1. The molecule has 0 radical (unpaired) electrons. The van der Waals surface area contributed by atoms with Crippen LogP contribution >= 0.6 is 34.3 Å². The van der Waals surface area contributed by atoms with E-state index < -0.39 is 16.0 Å². The van der Waals surface area contributed by atoms with Crippen LogP contribution in [0.1, 0.15) is 25.3 Å². The van der Waals surface area contributed by atoms with Gasteiger partial charge in [0.2, 0.25) is 4.80 Å². The van der Waals surface area contributed by atoms with E-state index in [0.29, 0.717) is 10.3 Å². The number of ether oxygens (including phenoxy) is 1. The lowest BCUT2D eigenvalue weighted by Crippen LogP contribution is -2.22. The molecule has 0 spiro atoms. The standard InChI is InChI=1S/C17H17ClN2O4S3/c1-10(2)11-4-5-12-13(8-11)25-17(20(12)9-15(21)24-3)19-27(22,23)16-7-6-14(18)26-16/h4-8,10H,9H2,1-3H3/b19-17-. The highest BCUT2D eigenvalue weighted by Gasteiger charge is 2.18. The number of halogens is 1. The molecule has 0 atom stereocenters. The minimum atomic E-state index is -3.94. The van der Waals surface area contributed by atoms with Crippen molar-refractivity contribution in [2.24, 2.45) is 4.40 Å². The van der Waals surface area contributed by atoms with Gasteiger partial charge in [0.1, 0.15) is 10.8 Å². The van der Waals surface area contributed by atoms with E-state index in [1.54, 1.807) is 4.57 Å². The molecule has 3 aromatic rings. The summed E-state index contributed by atoms with van der Waals surface area (Å²) >= 11 is 8.00. The Bertz CT molecular complexity index is 1170. The quantitative estimate of drug-likeness (QED) is 0.557. The van der Waals surface area contributed by atoms with Gasteiger partial charge in [-0.1, -0.05) is 42.9 Å². The van der Waals surface area contributed by atoms with E-state index in [4.69, 9.17) is 16.3 Å². The Kier molecular flexibility index (Phi) is 5.76. The summed E-state index contributed by atoms with van der Waals surface area (Å²) in [6.45, 7) is 4.03. The van der Waals surface area contributed by atoms with Crippen molar-refractivity contribution in [3.63, 3.8) is 0 Å². The van der Waals surface area contributed by atoms with E-state index in [9.17, 15) is 13.2 Å². The molecule has 2 heterocycles. The summed E-state index contributed by atoms with van der Waals surface area (Å²) in [5.74, 6) is -0.163. The van der Waals surface area contributed by atoms with Crippen molar-refractivity contribution in [2.75, 3.05) is 7.11 Å². The van der Waals surface area contributed by atoms with E-state index in [-0.39, 0.29) is 15.6 Å². The lowest BCUT2D eigenvalue weighted by Gasteiger charge is -2.06. The molecule has 0 bridgehead atoms. The zero-order chi connectivity index (χ0) is 19.8. The smallest absolute Gasteiger partial charge is 0.325 e. The van der Waals surface area contributed by atoms with E-state index in [1.165, 1.54) is 30.6 Å². The van der Waals surface area contributed by atoms with Gasteiger partial charge >= 0.3 is 5.97 Å². The molecule has 3 rings (SSSR count). The predicted octanol–water partition coefficient (Wildman–Crippen LogP) is 4.00. The highest BCUT2D eigenvalue weighted by molar-refractivity contribution is 7.92. The Morgan fingerprint density at radius 1 is 1.26 bits per heavy atom. The number of methoxy groups -OCH3 is 1. The third-order valence-corrected chi connectivity index (χ3v) is 8.01. The van der Waals surface area contributed by atoms with Crippen molar-refractivity contribution in [3.8, 4) is 0 Å². The van der Waals surface area contributed by atoms with Gasteiger partial charge in [-0.05, 0) is 35.7 Å². The molecule has 144 valence electrons. The van der Waals surface area contributed by atoms with Gasteiger partial charge in [-0.15, -0.1) is 15.7 Å². The van der Waals surface area contributed by atoms with Crippen molar-refractivity contribution in [1.29, 1.82) is 0 Å². The van der Waals surface area contributed by atoms with Crippen LogP contribution < -0.4 is 4.80 Å². The van der Waals surface area contributed by atoms with Crippen molar-refractivity contribution in [2.45, 2.75) is 30.5 Å². The third kappa shape index (κ3) is 4.26. The Morgan fingerprint density at radius 3 is 2.59 bits per heavy atom. The van der Waals surface area contributed by atoms with Crippen molar-refractivity contribution >= 4 is 60.5 Å². The zero-order valence-corrected chi connectivity index (χ0v) is 18.0. The van der Waals surface area contributed by atoms with Crippen LogP contribution in [0.25, 0.3) is 10.2 Å². The molecule has 0 aliphatic heterocycles. The van der Waals surface area contributed by atoms with Crippen LogP contribution in [0.2, 0.25) is 4.34 Å². The van der Waals surface area contributed by atoms with Crippen LogP contribution in [-0.2, 0) is 26.1 Å². The number of rotatable bonds is 5. The van der Waals surface area contributed by atoms with Crippen LogP contribution in [0.15, 0.2) is 38.9 Å². The van der Waals surface area contributed by atoms with Crippen LogP contribution in [0.3, 0.4) is 0 Å². The summed E-state index contributed by atoms with van der Waals surface area (Å²) in [5, 5.41) is 0. The van der Waals surface area contributed by atoms with Crippen molar-refractivity contribution in [1.82, 2.24) is 4.57 Å². The monoisotopic (exact) mass is 444 g/mol. The summed E-state index contributed by atoms with van der Waals surface area (Å²) in [6, 6.07) is 8.76. The van der Waals surface area contributed by atoms with E-state index in [1.807, 2.05) is 18.2 Å². The van der Waals surface area contributed by atoms with E-state index in [0.717, 1.165) is 27.1 Å². The average molecular weight is 445 g/mol. The number of benzene rings is 1. The lowest BCUT2D eigenvalue weighted by atomic mass is 10.0. The fourth-order valence-corrected chi connectivity index (χ4v) is 6.19. The largest absolute Gasteiger partial charge is 0.468 e. The van der Waals surface area contributed by atoms with Crippen molar-refractivity contribution < 1.29 is 17.9 Å². The van der Waals surface area contributed by atoms with Crippen LogP contribution in [0.4, 0.5) is 0 Å². The van der Waals surface area contributed by atoms with Gasteiger partial charge in [-0.25, -0.2) is 0 Å². The highest BCUT2D eigenvalue weighted by Crippen LogP contribution is 2.28. The number of aromatic nitrogens is 1. The van der Waals surface area contributed by atoms with E-state index >= 15 is 0 Å². The maximum absolute atomic E-state index is 12.6. The highest BCUT2D eigenvalue weighted by atomic mass is 35.5. The maximum atomic E-state index is 12.6. The summed E-state index contributed by atoms with van der Waals surface area (Å²) in [7, 11) is -2.65. The van der Waals surface area contributed by atoms with Gasteiger partial charge in [0.05, 0.1) is 21.7 Å². The number of esters is 1. The fraction of sp³-hybridized carbons (Fsp3) is 0.294. The molecule has 27 heavy (non-hydrogen) atoms. The van der Waals surface area contributed by atoms with Crippen LogP contribution in [0, 0.1) is 0 Å². The molecule has 10 heteroatoms. The van der Waals surface area contributed by atoms with Crippen LogP contribution in [-0.4, -0.2) is 26.1 Å². The topological polar surface area (TPSA) is 77.7 Å². The first-order valence-corrected chi connectivity index (χ1v) is 11.4. The average Bonchev–Trinajstić information content (AvgIpc) is 3.18. The lowest BCUT2D eigenvalue weighted by molar-refractivity contribution is -0.141. The molecule has 0 fully saturated rings. The summed E-state index contributed by atoms with van der Waals surface area (Å²) in [4.78, 5) is 12.1. The van der Waals surface area contributed by atoms with Gasteiger partial charge < -0.3 is 9.30 Å². The van der Waals surface area contributed by atoms with E-state index in [2.05, 4.69) is 18.2 Å². The van der Waals surface area contributed by atoms with Gasteiger partial charge in [0, 0.05) is 0 Å². The first kappa shape index (κ1) is 20.1. The maximum Gasteiger partial charge on any atom is 0.325 e. The Balaban J connectivity index is 2.23.